The number of carboxylic acids is 1. The van der Waals surface area contributed by atoms with Crippen LogP contribution in [0, 0.1) is 5.92 Å². The van der Waals surface area contributed by atoms with Crippen molar-refractivity contribution < 1.29 is 54.0 Å². The summed E-state index contributed by atoms with van der Waals surface area (Å²) in [6.45, 7) is 10.7. The molecule has 0 aliphatic heterocycles. The van der Waals surface area contributed by atoms with E-state index in [1.807, 2.05) is 0 Å². The van der Waals surface area contributed by atoms with Gasteiger partial charge in [0.15, 0.2) is 0 Å². The summed E-state index contributed by atoms with van der Waals surface area (Å²) in [5, 5.41) is 54.4. The smallest absolute Gasteiger partial charge is 0.326 e. The molecule has 0 aromatic heterocycles. The Hall–Kier alpha value is -4.77. The molecule has 0 radical (unpaired) electrons. The number of carbonyl (C=O) groups is 7. The fourth-order valence-electron chi connectivity index (χ4n) is 5.95. The van der Waals surface area contributed by atoms with Crippen molar-refractivity contribution >= 4 is 41.4 Å². The molecule has 1 aromatic rings. The Morgan fingerprint density at radius 3 is 1.55 bits per heavy atom. The molecule has 0 heterocycles. The van der Waals surface area contributed by atoms with Gasteiger partial charge in [0.05, 0.1) is 12.2 Å². The average Bonchev–Trinajstić information content (AvgIpc) is 3.15. The Morgan fingerprint density at radius 1 is 0.569 bits per heavy atom. The quantitative estimate of drug-likeness (QED) is 0.0544. The third kappa shape index (κ3) is 20.1. The number of aliphatic hydroxyl groups is 2. The predicted octanol–water partition coefficient (Wildman–Crippen LogP) is 1.70. The van der Waals surface area contributed by atoms with E-state index in [0.717, 1.165) is 19.3 Å². The SMILES string of the molecule is CCCCCCCCC[C@@H](O)CCCC(=O)N[C@H](C(=O)N[C@H](C)C(=O)N[C@@H](C)C(=O)N[C@@H](C)C(=O)N[C@H](Cc1ccc(O)cc1)C(=O)N[C@H](C(=O)O)C(C)C)[C@@H](C)O. The maximum atomic E-state index is 13.2. The van der Waals surface area contributed by atoms with Crippen LogP contribution in [0.15, 0.2) is 24.3 Å². The molecule has 17 heteroatoms. The number of nitrogens with one attached hydrogen (secondary N) is 6. The zero-order chi connectivity index (χ0) is 43.9. The Kier molecular flexibility index (Phi) is 23.9. The lowest BCUT2D eigenvalue weighted by Crippen LogP contribution is -2.59. The Labute approximate surface area is 342 Å². The molecule has 58 heavy (non-hydrogen) atoms. The van der Waals surface area contributed by atoms with Gasteiger partial charge in [-0.15, -0.1) is 0 Å². The summed E-state index contributed by atoms with van der Waals surface area (Å²) in [5.74, 6) is -6.20. The van der Waals surface area contributed by atoms with Gasteiger partial charge in [-0.05, 0) is 70.6 Å². The maximum absolute atomic E-state index is 13.2. The number of phenolic OH excluding ortho intramolecular Hbond substituents is 1. The molecule has 0 aliphatic carbocycles. The first-order valence-corrected chi connectivity index (χ1v) is 20.4. The lowest BCUT2D eigenvalue weighted by Gasteiger charge is -2.25. The Bertz CT molecular complexity index is 1470. The van der Waals surface area contributed by atoms with Crippen LogP contribution < -0.4 is 31.9 Å². The van der Waals surface area contributed by atoms with Crippen molar-refractivity contribution in [3.63, 3.8) is 0 Å². The van der Waals surface area contributed by atoms with Crippen molar-refractivity contribution in [2.45, 2.75) is 174 Å². The molecular formula is C41H68N6O11. The van der Waals surface area contributed by atoms with E-state index in [0.29, 0.717) is 24.8 Å². The normalized spacial score (nSPS) is 15.3. The fraction of sp³-hybridized carbons (Fsp3) is 0.683. The second kappa shape index (κ2) is 27.0. The summed E-state index contributed by atoms with van der Waals surface area (Å²) >= 11 is 0. The number of rotatable bonds is 28. The number of hydrogen-bond donors (Lipinski definition) is 10. The van der Waals surface area contributed by atoms with Crippen LogP contribution in [0.5, 0.6) is 5.75 Å². The summed E-state index contributed by atoms with van der Waals surface area (Å²) in [5.41, 5.74) is 0.548. The van der Waals surface area contributed by atoms with Gasteiger partial charge in [-0.1, -0.05) is 77.8 Å². The zero-order valence-electron chi connectivity index (χ0n) is 35.1. The number of aliphatic hydroxyl groups excluding tert-OH is 2. The molecule has 1 rings (SSSR count). The fourth-order valence-corrected chi connectivity index (χ4v) is 5.95. The van der Waals surface area contributed by atoms with E-state index in [1.54, 1.807) is 13.8 Å². The summed E-state index contributed by atoms with van der Waals surface area (Å²) in [6, 6.07) is -1.65. The minimum Gasteiger partial charge on any atom is -0.508 e. The molecule has 0 spiro atoms. The van der Waals surface area contributed by atoms with E-state index >= 15 is 0 Å². The van der Waals surface area contributed by atoms with Gasteiger partial charge in [-0.25, -0.2) is 4.79 Å². The highest BCUT2D eigenvalue weighted by molar-refractivity contribution is 5.96. The molecule has 1 aromatic carbocycles. The average molecular weight is 821 g/mol. The van der Waals surface area contributed by atoms with Gasteiger partial charge >= 0.3 is 5.97 Å². The van der Waals surface area contributed by atoms with Crippen LogP contribution in [0.25, 0.3) is 0 Å². The molecule has 0 saturated heterocycles. The third-order valence-electron chi connectivity index (χ3n) is 9.66. The van der Waals surface area contributed by atoms with Crippen molar-refractivity contribution in [3.05, 3.63) is 29.8 Å². The van der Waals surface area contributed by atoms with Crippen LogP contribution in [0.2, 0.25) is 0 Å². The van der Waals surface area contributed by atoms with Crippen LogP contribution >= 0.6 is 0 Å². The van der Waals surface area contributed by atoms with Crippen LogP contribution in [-0.2, 0) is 40.0 Å². The second-order valence-corrected chi connectivity index (χ2v) is 15.4. The van der Waals surface area contributed by atoms with E-state index in [4.69, 9.17) is 0 Å². The first kappa shape index (κ1) is 51.2. The van der Waals surface area contributed by atoms with Gasteiger partial charge in [-0.2, -0.15) is 0 Å². The number of carbonyl (C=O) groups excluding carboxylic acids is 6. The van der Waals surface area contributed by atoms with E-state index in [2.05, 4.69) is 38.8 Å². The molecule has 6 amide bonds. The summed E-state index contributed by atoms with van der Waals surface area (Å²) in [7, 11) is 0. The highest BCUT2D eigenvalue weighted by Crippen LogP contribution is 2.14. The topological polar surface area (TPSA) is 273 Å². The van der Waals surface area contributed by atoms with Crippen molar-refractivity contribution in [3.8, 4) is 5.75 Å². The van der Waals surface area contributed by atoms with Gasteiger partial charge < -0.3 is 52.3 Å². The molecule has 0 saturated carbocycles. The summed E-state index contributed by atoms with van der Waals surface area (Å²) in [6.07, 6.45) is 7.55. The van der Waals surface area contributed by atoms with Crippen LogP contribution in [-0.4, -0.2) is 110 Å². The number of hydrogen-bond acceptors (Lipinski definition) is 10. The molecule has 0 aliphatic rings. The van der Waals surface area contributed by atoms with Gasteiger partial charge in [-0.3, -0.25) is 28.8 Å². The predicted molar refractivity (Wildman–Crippen MR) is 217 cm³/mol. The van der Waals surface area contributed by atoms with Gasteiger partial charge in [0, 0.05) is 12.8 Å². The lowest BCUT2D eigenvalue weighted by molar-refractivity contribution is -0.143. The van der Waals surface area contributed by atoms with Crippen molar-refractivity contribution in [2.24, 2.45) is 5.92 Å². The number of aliphatic carboxylic acids is 1. The van der Waals surface area contributed by atoms with Crippen LogP contribution in [0.1, 0.15) is 125 Å². The summed E-state index contributed by atoms with van der Waals surface area (Å²) in [4.78, 5) is 89.6. The molecule has 0 fully saturated rings. The Morgan fingerprint density at radius 2 is 1.05 bits per heavy atom. The molecular weight excluding hydrogens is 752 g/mol. The highest BCUT2D eigenvalue weighted by atomic mass is 16.4. The first-order valence-electron chi connectivity index (χ1n) is 20.4. The monoisotopic (exact) mass is 820 g/mol. The number of benzene rings is 1. The minimum atomic E-state index is -1.37. The number of carboxylic acid groups (broad SMARTS) is 1. The van der Waals surface area contributed by atoms with Gasteiger partial charge in [0.2, 0.25) is 35.4 Å². The largest absolute Gasteiger partial charge is 0.508 e. The van der Waals surface area contributed by atoms with E-state index in [1.165, 1.54) is 77.6 Å². The molecule has 8 atom stereocenters. The van der Waals surface area contributed by atoms with Crippen LogP contribution in [0.3, 0.4) is 0 Å². The van der Waals surface area contributed by atoms with Gasteiger partial charge in [0.25, 0.3) is 0 Å². The lowest BCUT2D eigenvalue weighted by atomic mass is 10.0. The molecule has 10 N–H and O–H groups in total. The third-order valence-corrected chi connectivity index (χ3v) is 9.66. The number of phenols is 1. The molecule has 0 bridgehead atoms. The van der Waals surface area contributed by atoms with Crippen molar-refractivity contribution in [1.29, 1.82) is 0 Å². The van der Waals surface area contributed by atoms with E-state index < -0.39 is 95.8 Å². The number of unbranched alkanes of at least 4 members (excludes halogenated alkanes) is 6. The number of aromatic hydroxyl groups is 1. The van der Waals surface area contributed by atoms with E-state index in [9.17, 15) is 54.0 Å². The molecule has 0 unspecified atom stereocenters. The molecule has 328 valence electrons. The maximum Gasteiger partial charge on any atom is 0.326 e. The van der Waals surface area contributed by atoms with E-state index in [-0.39, 0.29) is 18.6 Å². The highest BCUT2D eigenvalue weighted by Gasteiger charge is 2.32. The van der Waals surface area contributed by atoms with Crippen molar-refractivity contribution in [2.75, 3.05) is 0 Å². The second-order valence-electron chi connectivity index (χ2n) is 15.4. The van der Waals surface area contributed by atoms with Crippen molar-refractivity contribution in [1.82, 2.24) is 31.9 Å². The minimum absolute atomic E-state index is 0.0191. The number of amides is 6. The van der Waals surface area contributed by atoms with Crippen LogP contribution in [0.4, 0.5) is 0 Å². The van der Waals surface area contributed by atoms with Gasteiger partial charge in [0.1, 0.15) is 42.0 Å². The molecule has 17 nitrogen and oxygen atoms in total. The summed E-state index contributed by atoms with van der Waals surface area (Å²) < 4.78 is 0. The Balaban J connectivity index is 2.69. The standard InChI is InChI=1S/C41H68N6O11/c1-8-9-10-11-12-13-14-16-30(49)17-15-18-33(51)46-35(28(7)48)40(56)44-26(5)37(53)42-25(4)36(52)43-27(6)38(54)45-32(23-29-19-21-31(50)22-20-29)39(55)47-34(24(2)3)41(57)58/h19-22,24-28,30,32,34-35,48-50H,8-18,23H2,1-7H3,(H,42,53)(H,43,52)(H,44,56)(H,45,54)(H,46,51)(H,47,55)(H,57,58)/t25-,26+,27-,28+,30+,32+,34-,35-/m0/s1. The zero-order valence-corrected chi connectivity index (χ0v) is 35.1. The first-order chi connectivity index (χ1) is 27.3.